The van der Waals surface area contributed by atoms with Gasteiger partial charge in [-0.05, 0) is 41.3 Å². The molecule has 6 nitrogen and oxygen atoms in total. The van der Waals surface area contributed by atoms with Crippen molar-refractivity contribution in [1.29, 1.82) is 0 Å². The first-order valence-corrected chi connectivity index (χ1v) is 9.20. The number of fused-ring (bicyclic) bond motifs is 1. The topological polar surface area (TPSA) is 74.1 Å². The molecule has 0 fully saturated rings. The van der Waals surface area contributed by atoms with Gasteiger partial charge in [0, 0.05) is 0 Å². The molecule has 4 aromatic rings. The van der Waals surface area contributed by atoms with Gasteiger partial charge in [-0.2, -0.15) is 0 Å². The number of carbonyl (C=O) groups excluding carboxylic acids is 2. The number of Topliss-reactive ketones (excluding diaryl/α,β-unsaturated/α-hetero) is 1. The summed E-state index contributed by atoms with van der Waals surface area (Å²) < 4.78 is 6.92. The highest BCUT2D eigenvalue weighted by Gasteiger charge is 2.13. The molecule has 2 aromatic carbocycles. The molecule has 0 aliphatic rings. The minimum Gasteiger partial charge on any atom is -0.454 e. The number of hydrogen-bond acceptors (Lipinski definition) is 6. The molecule has 0 unspecified atom stereocenters. The lowest BCUT2D eigenvalue weighted by Crippen LogP contribution is -2.13. The minimum absolute atomic E-state index is 0.201. The second kappa shape index (κ2) is 7.51. The van der Waals surface area contributed by atoms with E-state index in [0.717, 1.165) is 16.6 Å². The average molecular weight is 377 g/mol. The van der Waals surface area contributed by atoms with Crippen LogP contribution in [-0.4, -0.2) is 33.4 Å². The van der Waals surface area contributed by atoms with Crippen molar-refractivity contribution in [2.45, 2.75) is 6.54 Å². The van der Waals surface area contributed by atoms with E-state index in [1.807, 2.05) is 46.5 Å². The fourth-order valence-electron chi connectivity index (χ4n) is 2.68. The number of hydrogen-bond donors (Lipinski definition) is 0. The quantitative estimate of drug-likeness (QED) is 0.379. The largest absolute Gasteiger partial charge is 0.454 e. The van der Waals surface area contributed by atoms with Crippen LogP contribution in [0.1, 0.15) is 25.6 Å². The molecule has 2 aromatic heterocycles. The maximum absolute atomic E-state index is 12.1. The lowest BCUT2D eigenvalue weighted by molar-refractivity contribution is 0.0476. The van der Waals surface area contributed by atoms with Gasteiger partial charge in [-0.25, -0.2) is 9.48 Å². The van der Waals surface area contributed by atoms with Crippen LogP contribution >= 0.6 is 11.3 Å². The van der Waals surface area contributed by atoms with Gasteiger partial charge in [0.25, 0.3) is 0 Å². The summed E-state index contributed by atoms with van der Waals surface area (Å²) in [5.74, 6) is -0.717. The fourth-order valence-corrected chi connectivity index (χ4v) is 3.33. The highest BCUT2D eigenvalue weighted by atomic mass is 32.1. The monoisotopic (exact) mass is 377 g/mol. The van der Waals surface area contributed by atoms with Gasteiger partial charge in [0.2, 0.25) is 5.78 Å². The predicted octanol–water partition coefficient (Wildman–Crippen LogP) is 3.58. The van der Waals surface area contributed by atoms with Crippen LogP contribution in [0.5, 0.6) is 0 Å². The first kappa shape index (κ1) is 17.1. The third-order valence-corrected chi connectivity index (χ3v) is 4.98. The van der Waals surface area contributed by atoms with Gasteiger partial charge in [-0.15, -0.1) is 16.4 Å². The first-order valence-electron chi connectivity index (χ1n) is 8.32. The van der Waals surface area contributed by atoms with Crippen LogP contribution in [0, 0.1) is 0 Å². The zero-order valence-corrected chi connectivity index (χ0v) is 15.1. The van der Waals surface area contributed by atoms with Crippen molar-refractivity contribution in [1.82, 2.24) is 15.0 Å². The molecule has 4 rings (SSSR count). The Morgan fingerprint density at radius 3 is 2.59 bits per heavy atom. The van der Waals surface area contributed by atoms with E-state index in [1.165, 1.54) is 11.3 Å². The molecule has 0 aliphatic heterocycles. The minimum atomic E-state index is -0.516. The number of aromatic nitrogens is 3. The summed E-state index contributed by atoms with van der Waals surface area (Å²) in [6.45, 7) is 0.290. The van der Waals surface area contributed by atoms with Gasteiger partial charge < -0.3 is 4.74 Å². The van der Waals surface area contributed by atoms with Crippen LogP contribution in [0.15, 0.2) is 66.0 Å². The Labute approximate surface area is 159 Å². The van der Waals surface area contributed by atoms with Crippen molar-refractivity contribution in [3.63, 3.8) is 0 Å². The normalized spacial score (nSPS) is 10.8. The molecule has 0 N–H and O–H groups in total. The standard InChI is InChI=1S/C20H15N3O3S/c24-18(19-6-3-11-27-19)13-26-20(25)15-9-7-14(8-10-15)12-23-17-5-2-1-4-16(17)21-22-23/h1-11H,12-13H2. The number of esters is 1. The molecular weight excluding hydrogens is 362 g/mol. The highest BCUT2D eigenvalue weighted by molar-refractivity contribution is 7.12. The maximum atomic E-state index is 12.1. The second-order valence-corrected chi connectivity index (χ2v) is 6.86. The smallest absolute Gasteiger partial charge is 0.338 e. The molecule has 0 bridgehead atoms. The number of nitrogens with zero attached hydrogens (tertiary/aromatic N) is 3. The summed E-state index contributed by atoms with van der Waals surface area (Å²) in [6, 6.07) is 18.3. The van der Waals surface area contributed by atoms with E-state index in [9.17, 15) is 9.59 Å². The van der Waals surface area contributed by atoms with E-state index in [2.05, 4.69) is 10.3 Å². The molecule has 7 heteroatoms. The summed E-state index contributed by atoms with van der Waals surface area (Å²) in [7, 11) is 0. The summed E-state index contributed by atoms with van der Waals surface area (Å²) in [5.41, 5.74) is 3.18. The summed E-state index contributed by atoms with van der Waals surface area (Å²) >= 11 is 1.33. The van der Waals surface area contributed by atoms with Crippen LogP contribution in [0.3, 0.4) is 0 Å². The molecule has 0 saturated heterocycles. The SMILES string of the molecule is O=C(OCC(=O)c1cccs1)c1ccc(Cn2nnc3ccccc32)cc1. The number of para-hydroxylation sites is 1. The molecule has 27 heavy (non-hydrogen) atoms. The third-order valence-electron chi connectivity index (χ3n) is 4.07. The molecule has 0 atom stereocenters. The zero-order valence-electron chi connectivity index (χ0n) is 14.2. The number of rotatable bonds is 6. The Balaban J connectivity index is 1.39. The predicted molar refractivity (Wildman–Crippen MR) is 102 cm³/mol. The van der Waals surface area contributed by atoms with Gasteiger partial charge in [0.05, 0.1) is 22.5 Å². The van der Waals surface area contributed by atoms with Crippen LogP contribution in [-0.2, 0) is 11.3 Å². The molecule has 0 spiro atoms. The fraction of sp³-hybridized carbons (Fsp3) is 0.100. The van der Waals surface area contributed by atoms with E-state index in [1.54, 1.807) is 24.3 Å². The lowest BCUT2D eigenvalue weighted by Gasteiger charge is -2.06. The van der Waals surface area contributed by atoms with Crippen LogP contribution in [0.25, 0.3) is 11.0 Å². The van der Waals surface area contributed by atoms with Crippen molar-refractivity contribution in [2.24, 2.45) is 0 Å². The van der Waals surface area contributed by atoms with Gasteiger partial charge >= 0.3 is 5.97 Å². The van der Waals surface area contributed by atoms with E-state index < -0.39 is 5.97 Å². The van der Waals surface area contributed by atoms with Crippen LogP contribution in [0.4, 0.5) is 0 Å². The summed E-state index contributed by atoms with van der Waals surface area (Å²) in [4.78, 5) is 24.6. The molecule has 0 radical (unpaired) electrons. The van der Waals surface area contributed by atoms with E-state index in [-0.39, 0.29) is 12.4 Å². The first-order chi connectivity index (χ1) is 13.2. The van der Waals surface area contributed by atoms with Crippen molar-refractivity contribution in [3.8, 4) is 0 Å². The van der Waals surface area contributed by atoms with E-state index in [4.69, 9.17) is 4.74 Å². The number of thiophene rings is 1. The molecule has 0 amide bonds. The van der Waals surface area contributed by atoms with Crippen molar-refractivity contribution in [2.75, 3.05) is 6.61 Å². The Bertz CT molecular complexity index is 1090. The summed E-state index contributed by atoms with van der Waals surface area (Å²) in [5, 5.41) is 10.1. The van der Waals surface area contributed by atoms with Crippen LogP contribution in [0.2, 0.25) is 0 Å². The van der Waals surface area contributed by atoms with E-state index in [0.29, 0.717) is 17.0 Å². The zero-order chi connectivity index (χ0) is 18.6. The molecule has 2 heterocycles. The van der Waals surface area contributed by atoms with Crippen molar-refractivity contribution in [3.05, 3.63) is 82.0 Å². The molecule has 0 saturated carbocycles. The Morgan fingerprint density at radius 2 is 1.81 bits per heavy atom. The van der Waals surface area contributed by atoms with Crippen molar-refractivity contribution >= 4 is 34.1 Å². The Kier molecular flexibility index (Phi) is 4.76. The number of ether oxygens (including phenoxy) is 1. The van der Waals surface area contributed by atoms with Gasteiger partial charge in [-0.1, -0.05) is 35.5 Å². The molecular formula is C20H15N3O3S. The Hall–Kier alpha value is -3.32. The second-order valence-electron chi connectivity index (χ2n) is 5.91. The van der Waals surface area contributed by atoms with Crippen molar-refractivity contribution < 1.29 is 14.3 Å². The van der Waals surface area contributed by atoms with E-state index >= 15 is 0 Å². The summed E-state index contributed by atoms with van der Waals surface area (Å²) in [6.07, 6.45) is 0. The highest BCUT2D eigenvalue weighted by Crippen LogP contribution is 2.14. The number of ketones is 1. The van der Waals surface area contributed by atoms with Gasteiger partial charge in [0.15, 0.2) is 6.61 Å². The number of benzene rings is 2. The molecule has 134 valence electrons. The maximum Gasteiger partial charge on any atom is 0.338 e. The Morgan fingerprint density at radius 1 is 1.00 bits per heavy atom. The van der Waals surface area contributed by atoms with Gasteiger partial charge in [0.1, 0.15) is 5.52 Å². The van der Waals surface area contributed by atoms with Crippen LogP contribution < -0.4 is 0 Å². The van der Waals surface area contributed by atoms with Gasteiger partial charge in [-0.3, -0.25) is 4.79 Å². The molecule has 0 aliphatic carbocycles. The lowest BCUT2D eigenvalue weighted by atomic mass is 10.1. The third kappa shape index (κ3) is 3.78. The average Bonchev–Trinajstić information content (AvgIpc) is 3.37. The number of carbonyl (C=O) groups is 2.